The van der Waals surface area contributed by atoms with Gasteiger partial charge >= 0.3 is 0 Å². The third-order valence-electron chi connectivity index (χ3n) is 4.38. The number of Topliss-reactive ketones (excluding diaryl/α,β-unsaturated/α-hetero) is 1. The van der Waals surface area contributed by atoms with Gasteiger partial charge in [0.25, 0.3) is 0 Å². The summed E-state index contributed by atoms with van der Waals surface area (Å²) in [6, 6.07) is 0. The summed E-state index contributed by atoms with van der Waals surface area (Å²) < 4.78 is 5.51. The molecule has 0 aromatic rings. The molecule has 0 N–H and O–H groups in total. The summed E-state index contributed by atoms with van der Waals surface area (Å²) in [5, 5.41) is 0. The summed E-state index contributed by atoms with van der Waals surface area (Å²) >= 11 is 0. The van der Waals surface area contributed by atoms with Crippen molar-refractivity contribution in [1.82, 2.24) is 0 Å². The van der Waals surface area contributed by atoms with Gasteiger partial charge in [0.1, 0.15) is 5.78 Å². The van der Waals surface area contributed by atoms with Crippen LogP contribution in [0.5, 0.6) is 0 Å². The summed E-state index contributed by atoms with van der Waals surface area (Å²) in [4.78, 5) is 12.0. The summed E-state index contributed by atoms with van der Waals surface area (Å²) in [6.45, 7) is 2.13. The van der Waals surface area contributed by atoms with Crippen LogP contribution in [0.25, 0.3) is 0 Å². The number of methoxy groups -OCH3 is 1. The molecule has 2 rings (SSSR count). The van der Waals surface area contributed by atoms with E-state index in [0.717, 1.165) is 19.3 Å². The Morgan fingerprint density at radius 1 is 1.29 bits per heavy atom. The first-order valence-corrected chi connectivity index (χ1v) is 5.75. The van der Waals surface area contributed by atoms with Crippen LogP contribution >= 0.6 is 0 Å². The van der Waals surface area contributed by atoms with Crippen LogP contribution in [-0.4, -0.2) is 19.0 Å². The third kappa shape index (κ3) is 1.31. The predicted octanol–water partition coefficient (Wildman–Crippen LogP) is 2.56. The lowest BCUT2D eigenvalue weighted by Gasteiger charge is -2.48. The van der Waals surface area contributed by atoms with Crippen LogP contribution in [0.1, 0.15) is 45.4 Å². The van der Waals surface area contributed by atoms with Gasteiger partial charge < -0.3 is 4.74 Å². The smallest absolute Gasteiger partial charge is 0.141 e. The van der Waals surface area contributed by atoms with Gasteiger partial charge in [0.2, 0.25) is 0 Å². The van der Waals surface area contributed by atoms with Gasteiger partial charge in [0.05, 0.1) is 11.5 Å². The molecule has 0 saturated heterocycles. The molecule has 2 aliphatic rings. The molecule has 3 atom stereocenters. The Labute approximate surface area is 86.0 Å². The lowest BCUT2D eigenvalue weighted by molar-refractivity contribution is -0.151. The van der Waals surface area contributed by atoms with Crippen molar-refractivity contribution < 1.29 is 9.53 Å². The first-order valence-electron chi connectivity index (χ1n) is 5.75. The molecule has 2 nitrogen and oxygen atoms in total. The Hall–Kier alpha value is -0.370. The summed E-state index contributed by atoms with van der Waals surface area (Å²) in [6.07, 6.45) is 6.78. The van der Waals surface area contributed by atoms with Crippen molar-refractivity contribution in [1.29, 1.82) is 0 Å². The van der Waals surface area contributed by atoms with E-state index in [1.165, 1.54) is 19.3 Å². The molecule has 80 valence electrons. The molecule has 0 unspecified atom stereocenters. The fourth-order valence-electron chi connectivity index (χ4n) is 3.40. The second-order valence-electron chi connectivity index (χ2n) is 4.95. The number of rotatable bonds is 1. The van der Waals surface area contributed by atoms with E-state index in [9.17, 15) is 4.79 Å². The van der Waals surface area contributed by atoms with Gasteiger partial charge in [-0.1, -0.05) is 6.42 Å². The van der Waals surface area contributed by atoms with E-state index in [4.69, 9.17) is 4.74 Å². The maximum Gasteiger partial charge on any atom is 0.141 e. The van der Waals surface area contributed by atoms with E-state index < -0.39 is 0 Å². The molecular weight excluding hydrogens is 176 g/mol. The van der Waals surface area contributed by atoms with E-state index >= 15 is 0 Å². The molecule has 2 heteroatoms. The Kier molecular flexibility index (Phi) is 2.65. The normalized spacial score (nSPS) is 43.4. The van der Waals surface area contributed by atoms with Gasteiger partial charge in [-0.3, -0.25) is 4.79 Å². The van der Waals surface area contributed by atoms with Crippen molar-refractivity contribution in [2.75, 3.05) is 7.11 Å². The summed E-state index contributed by atoms with van der Waals surface area (Å²) in [5.41, 5.74) is -0.161. The van der Waals surface area contributed by atoms with Crippen molar-refractivity contribution >= 4 is 5.78 Å². The molecule has 0 aromatic carbocycles. The SMILES string of the molecule is CO[C@H]1CCC[C@H]2CCCC(=O)[C@]21C. The average molecular weight is 196 g/mol. The molecule has 0 heterocycles. The van der Waals surface area contributed by atoms with E-state index in [-0.39, 0.29) is 11.5 Å². The summed E-state index contributed by atoms with van der Waals surface area (Å²) in [7, 11) is 1.75. The van der Waals surface area contributed by atoms with Gasteiger partial charge in [0, 0.05) is 13.5 Å². The van der Waals surface area contributed by atoms with Crippen LogP contribution in [0, 0.1) is 11.3 Å². The van der Waals surface area contributed by atoms with E-state index in [0.29, 0.717) is 11.7 Å². The number of carbonyl (C=O) groups is 1. The fourth-order valence-corrected chi connectivity index (χ4v) is 3.40. The van der Waals surface area contributed by atoms with Crippen LogP contribution in [0.15, 0.2) is 0 Å². The Balaban J connectivity index is 2.26. The summed E-state index contributed by atoms with van der Waals surface area (Å²) in [5.74, 6) is 1.03. The third-order valence-corrected chi connectivity index (χ3v) is 4.38. The minimum Gasteiger partial charge on any atom is -0.380 e. The van der Waals surface area contributed by atoms with Crippen molar-refractivity contribution in [3.8, 4) is 0 Å². The molecule has 14 heavy (non-hydrogen) atoms. The first kappa shape index (κ1) is 10.2. The number of ether oxygens (including phenoxy) is 1. The van der Waals surface area contributed by atoms with Crippen molar-refractivity contribution in [2.24, 2.45) is 11.3 Å². The molecule has 0 aliphatic heterocycles. The zero-order valence-corrected chi connectivity index (χ0v) is 9.21. The maximum atomic E-state index is 12.0. The second kappa shape index (κ2) is 3.65. The Bertz CT molecular complexity index is 226. The molecule has 0 spiro atoms. The van der Waals surface area contributed by atoms with Crippen LogP contribution in [0.3, 0.4) is 0 Å². The monoisotopic (exact) mass is 196 g/mol. The number of ketones is 1. The molecule has 0 aromatic heterocycles. The van der Waals surface area contributed by atoms with E-state index in [1.54, 1.807) is 7.11 Å². The van der Waals surface area contributed by atoms with E-state index in [2.05, 4.69) is 6.92 Å². The minimum atomic E-state index is -0.161. The van der Waals surface area contributed by atoms with Crippen molar-refractivity contribution in [2.45, 2.75) is 51.6 Å². The fraction of sp³-hybridized carbons (Fsp3) is 0.917. The van der Waals surface area contributed by atoms with Crippen LogP contribution < -0.4 is 0 Å². The largest absolute Gasteiger partial charge is 0.380 e. The average Bonchev–Trinajstić information content (AvgIpc) is 2.19. The molecule has 0 radical (unpaired) electrons. The van der Waals surface area contributed by atoms with Crippen LogP contribution in [-0.2, 0) is 9.53 Å². The number of carbonyl (C=O) groups excluding carboxylic acids is 1. The lowest BCUT2D eigenvalue weighted by Crippen LogP contribution is -2.51. The molecule has 2 saturated carbocycles. The second-order valence-corrected chi connectivity index (χ2v) is 4.95. The Morgan fingerprint density at radius 2 is 2.00 bits per heavy atom. The van der Waals surface area contributed by atoms with Crippen molar-refractivity contribution in [3.05, 3.63) is 0 Å². The van der Waals surface area contributed by atoms with Gasteiger partial charge in [-0.15, -0.1) is 0 Å². The number of hydrogen-bond acceptors (Lipinski definition) is 2. The van der Waals surface area contributed by atoms with Gasteiger partial charge in [-0.2, -0.15) is 0 Å². The maximum absolute atomic E-state index is 12.0. The highest BCUT2D eigenvalue weighted by molar-refractivity contribution is 5.86. The van der Waals surface area contributed by atoms with Gasteiger partial charge in [-0.25, -0.2) is 0 Å². The molecular formula is C12H20O2. The molecule has 2 aliphatic carbocycles. The molecule has 0 amide bonds. The Morgan fingerprint density at radius 3 is 2.71 bits per heavy atom. The lowest BCUT2D eigenvalue weighted by atomic mass is 9.58. The van der Waals surface area contributed by atoms with Crippen LogP contribution in [0.4, 0.5) is 0 Å². The quantitative estimate of drug-likeness (QED) is 0.644. The van der Waals surface area contributed by atoms with Gasteiger partial charge in [0.15, 0.2) is 0 Å². The zero-order chi connectivity index (χ0) is 10.2. The highest BCUT2D eigenvalue weighted by Crippen LogP contribution is 2.49. The highest BCUT2D eigenvalue weighted by Gasteiger charge is 2.50. The zero-order valence-electron chi connectivity index (χ0n) is 9.21. The first-order chi connectivity index (χ1) is 6.69. The van der Waals surface area contributed by atoms with Gasteiger partial charge in [-0.05, 0) is 38.5 Å². The minimum absolute atomic E-state index is 0.161. The highest BCUT2D eigenvalue weighted by atomic mass is 16.5. The van der Waals surface area contributed by atoms with Crippen LogP contribution in [0.2, 0.25) is 0 Å². The van der Waals surface area contributed by atoms with E-state index in [1.807, 2.05) is 0 Å². The molecule has 2 fully saturated rings. The number of hydrogen-bond donors (Lipinski definition) is 0. The number of fused-ring (bicyclic) bond motifs is 1. The topological polar surface area (TPSA) is 26.3 Å². The van der Waals surface area contributed by atoms with Crippen molar-refractivity contribution in [3.63, 3.8) is 0 Å². The predicted molar refractivity (Wildman–Crippen MR) is 55.1 cm³/mol. The standard InChI is InChI=1S/C12H20O2/c1-12-9(5-3-7-10(12)13)6-4-8-11(12)14-2/h9,11H,3-8H2,1-2H3/t9-,11+,12+/m1/s1. The molecule has 0 bridgehead atoms.